The van der Waals surface area contributed by atoms with Gasteiger partial charge in [-0.2, -0.15) is 0 Å². The highest BCUT2D eigenvalue weighted by molar-refractivity contribution is 5.32. The molecule has 1 aromatic rings. The molecular weight excluding hydrogens is 224 g/mol. The summed E-state index contributed by atoms with van der Waals surface area (Å²) in [4.78, 5) is 11.0. The minimum absolute atomic E-state index is 0.0811. The standard InChI is InChI=1S/C14H26N4/c1-7-14(4,5)18(6)13-16-9-12(10-17-13)8-15-11(2)3/h9-11,15H,7-8H2,1-6H3. The maximum absolute atomic E-state index is 4.45. The molecule has 0 fully saturated rings. The summed E-state index contributed by atoms with van der Waals surface area (Å²) in [6.45, 7) is 11.7. The first kappa shape index (κ1) is 14.9. The SMILES string of the molecule is CCC(C)(C)N(C)c1ncc(CNC(C)C)cn1. The van der Waals surface area contributed by atoms with Crippen molar-refractivity contribution >= 4 is 5.95 Å². The molecule has 0 atom stereocenters. The summed E-state index contributed by atoms with van der Waals surface area (Å²) in [6, 6.07) is 0.478. The zero-order valence-electron chi connectivity index (χ0n) is 12.5. The Morgan fingerprint density at radius 3 is 2.28 bits per heavy atom. The first-order valence-corrected chi connectivity index (χ1v) is 6.65. The van der Waals surface area contributed by atoms with Crippen molar-refractivity contribution in [3.63, 3.8) is 0 Å². The summed E-state index contributed by atoms with van der Waals surface area (Å²) < 4.78 is 0. The molecule has 102 valence electrons. The van der Waals surface area contributed by atoms with E-state index in [0.29, 0.717) is 6.04 Å². The monoisotopic (exact) mass is 250 g/mol. The molecule has 4 heteroatoms. The van der Waals surface area contributed by atoms with Crippen LogP contribution in [0.4, 0.5) is 5.95 Å². The second-order valence-corrected chi connectivity index (χ2v) is 5.65. The van der Waals surface area contributed by atoms with Gasteiger partial charge in [-0.3, -0.25) is 0 Å². The number of hydrogen-bond acceptors (Lipinski definition) is 4. The van der Waals surface area contributed by atoms with Crippen molar-refractivity contribution in [3.05, 3.63) is 18.0 Å². The lowest BCUT2D eigenvalue weighted by Crippen LogP contribution is -2.41. The van der Waals surface area contributed by atoms with Crippen molar-refractivity contribution in [1.82, 2.24) is 15.3 Å². The molecular formula is C14H26N4. The molecule has 1 rings (SSSR count). The average Bonchev–Trinajstić information content (AvgIpc) is 2.36. The molecule has 0 amide bonds. The lowest BCUT2D eigenvalue weighted by Gasteiger charge is -2.34. The third-order valence-corrected chi connectivity index (χ3v) is 3.48. The normalized spacial score (nSPS) is 11.9. The zero-order valence-corrected chi connectivity index (χ0v) is 12.5. The Balaban J connectivity index is 2.70. The van der Waals surface area contributed by atoms with Crippen LogP contribution in [0, 0.1) is 0 Å². The molecule has 0 aromatic carbocycles. The van der Waals surface area contributed by atoms with E-state index in [1.54, 1.807) is 0 Å². The van der Waals surface area contributed by atoms with E-state index >= 15 is 0 Å². The number of nitrogens with one attached hydrogen (secondary N) is 1. The first-order chi connectivity index (χ1) is 8.36. The summed E-state index contributed by atoms with van der Waals surface area (Å²) in [5, 5.41) is 3.36. The molecule has 0 aliphatic heterocycles. The second kappa shape index (κ2) is 6.14. The van der Waals surface area contributed by atoms with E-state index in [0.717, 1.165) is 24.5 Å². The summed E-state index contributed by atoms with van der Waals surface area (Å²) >= 11 is 0. The van der Waals surface area contributed by atoms with Crippen LogP contribution in [0.2, 0.25) is 0 Å². The largest absolute Gasteiger partial charge is 0.339 e. The Labute approximate surface area is 111 Å². The molecule has 4 nitrogen and oxygen atoms in total. The maximum Gasteiger partial charge on any atom is 0.225 e. The Hall–Kier alpha value is -1.16. The number of rotatable bonds is 6. The quantitative estimate of drug-likeness (QED) is 0.842. The van der Waals surface area contributed by atoms with Crippen LogP contribution in [-0.4, -0.2) is 28.6 Å². The van der Waals surface area contributed by atoms with Crippen LogP contribution in [0.3, 0.4) is 0 Å². The van der Waals surface area contributed by atoms with Crippen LogP contribution in [-0.2, 0) is 6.54 Å². The molecule has 1 aromatic heterocycles. The minimum Gasteiger partial charge on any atom is -0.339 e. The van der Waals surface area contributed by atoms with Crippen molar-refractivity contribution in [2.75, 3.05) is 11.9 Å². The van der Waals surface area contributed by atoms with Crippen molar-refractivity contribution in [3.8, 4) is 0 Å². The van der Waals surface area contributed by atoms with Crippen LogP contribution in [0.25, 0.3) is 0 Å². The third kappa shape index (κ3) is 3.95. The van der Waals surface area contributed by atoms with Gasteiger partial charge in [0.1, 0.15) is 0 Å². The maximum atomic E-state index is 4.45. The molecule has 0 unspecified atom stereocenters. The first-order valence-electron chi connectivity index (χ1n) is 6.65. The Bertz CT molecular complexity index is 357. The van der Waals surface area contributed by atoms with E-state index in [1.807, 2.05) is 19.4 Å². The van der Waals surface area contributed by atoms with Crippen molar-refractivity contribution < 1.29 is 0 Å². The fourth-order valence-corrected chi connectivity index (χ4v) is 1.44. The second-order valence-electron chi connectivity index (χ2n) is 5.65. The van der Waals surface area contributed by atoms with Gasteiger partial charge in [-0.1, -0.05) is 20.8 Å². The molecule has 0 spiro atoms. The number of nitrogens with zero attached hydrogens (tertiary/aromatic N) is 3. The average molecular weight is 250 g/mol. The van der Waals surface area contributed by atoms with Crippen LogP contribution in [0.5, 0.6) is 0 Å². The highest BCUT2D eigenvalue weighted by Gasteiger charge is 2.23. The van der Waals surface area contributed by atoms with E-state index in [9.17, 15) is 0 Å². The van der Waals surface area contributed by atoms with Crippen LogP contribution in [0.15, 0.2) is 12.4 Å². The minimum atomic E-state index is 0.0811. The van der Waals surface area contributed by atoms with E-state index < -0.39 is 0 Å². The van der Waals surface area contributed by atoms with Gasteiger partial charge in [0.05, 0.1) is 0 Å². The molecule has 0 radical (unpaired) electrons. The Kier molecular flexibility index (Phi) is 5.08. The molecule has 0 saturated carbocycles. The van der Waals surface area contributed by atoms with E-state index in [2.05, 4.69) is 54.8 Å². The van der Waals surface area contributed by atoms with Crippen molar-refractivity contribution in [2.45, 2.75) is 59.2 Å². The van der Waals surface area contributed by atoms with Crippen molar-refractivity contribution in [1.29, 1.82) is 0 Å². The lowest BCUT2D eigenvalue weighted by molar-refractivity contribution is 0.463. The van der Waals surface area contributed by atoms with Gasteiger partial charge in [-0.25, -0.2) is 9.97 Å². The van der Waals surface area contributed by atoms with Crippen molar-refractivity contribution in [2.24, 2.45) is 0 Å². The van der Waals surface area contributed by atoms with Gasteiger partial charge in [-0.15, -0.1) is 0 Å². The molecule has 1 N–H and O–H groups in total. The molecule has 1 heterocycles. The topological polar surface area (TPSA) is 41.1 Å². The van der Waals surface area contributed by atoms with Gasteiger partial charge in [-0.05, 0) is 20.3 Å². The summed E-state index contributed by atoms with van der Waals surface area (Å²) in [6.07, 6.45) is 4.86. The lowest BCUT2D eigenvalue weighted by atomic mass is 10.0. The van der Waals surface area contributed by atoms with Crippen LogP contribution < -0.4 is 10.2 Å². The Morgan fingerprint density at radius 1 is 1.28 bits per heavy atom. The number of hydrogen-bond donors (Lipinski definition) is 1. The molecule has 18 heavy (non-hydrogen) atoms. The highest BCUT2D eigenvalue weighted by atomic mass is 15.3. The van der Waals surface area contributed by atoms with Gasteiger partial charge in [0, 0.05) is 43.1 Å². The summed E-state index contributed by atoms with van der Waals surface area (Å²) in [5.74, 6) is 0.787. The molecule has 0 aliphatic carbocycles. The fraction of sp³-hybridized carbons (Fsp3) is 0.714. The highest BCUT2D eigenvalue weighted by Crippen LogP contribution is 2.20. The third-order valence-electron chi connectivity index (χ3n) is 3.48. The summed E-state index contributed by atoms with van der Waals surface area (Å²) in [7, 11) is 2.05. The number of anilines is 1. The predicted octanol–water partition coefficient (Wildman–Crippen LogP) is 2.60. The van der Waals surface area contributed by atoms with E-state index in [1.165, 1.54) is 0 Å². The van der Waals surface area contributed by atoms with E-state index in [4.69, 9.17) is 0 Å². The van der Waals surface area contributed by atoms with Gasteiger partial charge >= 0.3 is 0 Å². The zero-order chi connectivity index (χ0) is 13.8. The fourth-order valence-electron chi connectivity index (χ4n) is 1.44. The summed E-state index contributed by atoms with van der Waals surface area (Å²) in [5.41, 5.74) is 1.20. The van der Waals surface area contributed by atoms with Gasteiger partial charge in [0.15, 0.2) is 0 Å². The van der Waals surface area contributed by atoms with Gasteiger partial charge < -0.3 is 10.2 Å². The van der Waals surface area contributed by atoms with Crippen LogP contribution >= 0.6 is 0 Å². The Morgan fingerprint density at radius 2 is 1.83 bits per heavy atom. The molecule has 0 bridgehead atoms. The smallest absolute Gasteiger partial charge is 0.225 e. The molecule has 0 saturated heterocycles. The van der Waals surface area contributed by atoms with Crippen LogP contribution in [0.1, 0.15) is 46.6 Å². The van der Waals surface area contributed by atoms with Gasteiger partial charge in [0.2, 0.25) is 5.95 Å². The molecule has 0 aliphatic rings. The number of aromatic nitrogens is 2. The predicted molar refractivity (Wildman–Crippen MR) is 76.8 cm³/mol. The van der Waals surface area contributed by atoms with E-state index in [-0.39, 0.29) is 5.54 Å². The van der Waals surface area contributed by atoms with Gasteiger partial charge in [0.25, 0.3) is 0 Å².